The van der Waals surface area contributed by atoms with E-state index in [1.54, 1.807) is 14.7 Å². The molecule has 0 saturated carbocycles. The summed E-state index contributed by atoms with van der Waals surface area (Å²) in [6.07, 6.45) is 0. The van der Waals surface area contributed by atoms with Crippen LogP contribution in [0, 0.1) is 5.92 Å². The zero-order chi connectivity index (χ0) is 28.0. The number of hydrogen-bond donors (Lipinski definition) is 3. The average molecular weight is 530 g/mol. The molecule has 0 aromatic rings. The van der Waals surface area contributed by atoms with Crippen LogP contribution in [-0.4, -0.2) is 167 Å². The van der Waals surface area contributed by atoms with Crippen LogP contribution in [0.15, 0.2) is 0 Å². The SMILES string of the molecule is CC(=O)CN1CCN(CC(=O)O)CCN(CC(=O)O)CCN(CC(=O)O)CCN(CC(=O)C(C)C)CC1. The molecule has 0 amide bonds. The topological polar surface area (TPSA) is 162 Å². The van der Waals surface area contributed by atoms with Crippen LogP contribution < -0.4 is 0 Å². The van der Waals surface area contributed by atoms with Crippen LogP contribution in [0.25, 0.3) is 0 Å². The number of carbonyl (C=O) groups excluding carboxylic acids is 2. The maximum absolute atomic E-state index is 12.5. The van der Waals surface area contributed by atoms with Gasteiger partial charge in [0.25, 0.3) is 0 Å². The maximum Gasteiger partial charge on any atom is 0.317 e. The highest BCUT2D eigenvalue weighted by Gasteiger charge is 2.21. The molecule has 0 unspecified atom stereocenters. The Hall–Kier alpha value is -2.45. The molecule has 0 aromatic carbocycles. The zero-order valence-electron chi connectivity index (χ0n) is 22.3. The number of carbonyl (C=O) groups is 5. The molecule has 0 aliphatic carbocycles. The third-order valence-electron chi connectivity index (χ3n) is 6.21. The largest absolute Gasteiger partial charge is 0.480 e. The molecule has 0 spiro atoms. The van der Waals surface area contributed by atoms with Crippen molar-refractivity contribution in [3.05, 3.63) is 0 Å². The lowest BCUT2D eigenvalue weighted by molar-refractivity contribution is -0.140. The van der Waals surface area contributed by atoms with Gasteiger partial charge in [0.05, 0.1) is 32.7 Å². The van der Waals surface area contributed by atoms with Gasteiger partial charge in [0.15, 0.2) is 0 Å². The van der Waals surface area contributed by atoms with Crippen LogP contribution in [0.4, 0.5) is 0 Å². The zero-order valence-corrected chi connectivity index (χ0v) is 22.3. The van der Waals surface area contributed by atoms with Crippen molar-refractivity contribution in [2.24, 2.45) is 5.92 Å². The molecule has 212 valence electrons. The second-order valence-corrected chi connectivity index (χ2v) is 9.88. The number of aliphatic carboxylic acids is 3. The van der Waals surface area contributed by atoms with Gasteiger partial charge in [-0.25, -0.2) is 0 Å². The quantitative estimate of drug-likeness (QED) is 0.286. The second-order valence-electron chi connectivity index (χ2n) is 9.88. The number of carboxylic acids is 3. The number of rotatable bonds is 11. The van der Waals surface area contributed by atoms with Crippen molar-refractivity contribution in [3.63, 3.8) is 0 Å². The van der Waals surface area contributed by atoms with Crippen molar-refractivity contribution in [1.82, 2.24) is 24.5 Å². The molecular formula is C24H43N5O8. The van der Waals surface area contributed by atoms with Crippen LogP contribution >= 0.6 is 0 Å². The first-order valence-electron chi connectivity index (χ1n) is 12.6. The molecule has 1 rings (SSSR count). The van der Waals surface area contributed by atoms with E-state index in [2.05, 4.69) is 0 Å². The van der Waals surface area contributed by atoms with E-state index in [0.717, 1.165) is 0 Å². The summed E-state index contributed by atoms with van der Waals surface area (Å²) in [6.45, 7) is 8.57. The van der Waals surface area contributed by atoms with Gasteiger partial charge in [0.1, 0.15) is 11.6 Å². The van der Waals surface area contributed by atoms with Crippen molar-refractivity contribution in [2.75, 3.05) is 98.2 Å². The summed E-state index contributed by atoms with van der Waals surface area (Å²) >= 11 is 0. The highest BCUT2D eigenvalue weighted by atomic mass is 16.4. The predicted molar refractivity (Wildman–Crippen MR) is 136 cm³/mol. The number of ketones is 2. The van der Waals surface area contributed by atoms with Gasteiger partial charge in [-0.2, -0.15) is 0 Å². The lowest BCUT2D eigenvalue weighted by Gasteiger charge is -2.30. The standard InChI is InChI=1S/C24H43N5O8/c1-19(2)21(31)15-26-6-4-25(14-20(3)30)5-8-27(16-22(32)33)10-12-29(18-24(36)37)13-11-28(9-7-26)17-23(34)35/h19H,4-18H2,1-3H3,(H,32,33)(H,34,35)(H,36,37). The first-order valence-corrected chi connectivity index (χ1v) is 12.6. The lowest BCUT2D eigenvalue weighted by atomic mass is 10.1. The van der Waals surface area contributed by atoms with E-state index in [0.29, 0.717) is 65.4 Å². The van der Waals surface area contributed by atoms with Crippen molar-refractivity contribution >= 4 is 29.5 Å². The minimum Gasteiger partial charge on any atom is -0.480 e. The van der Waals surface area contributed by atoms with Gasteiger partial charge in [-0.05, 0) is 6.92 Å². The van der Waals surface area contributed by atoms with Gasteiger partial charge in [-0.15, -0.1) is 0 Å². The van der Waals surface area contributed by atoms with Crippen LogP contribution in [-0.2, 0) is 24.0 Å². The summed E-state index contributed by atoms with van der Waals surface area (Å²) in [5.74, 6) is -3.18. The first kappa shape index (κ1) is 32.6. The fraction of sp³-hybridized carbons (Fsp3) is 0.792. The Morgan fingerprint density at radius 1 is 0.514 bits per heavy atom. The Morgan fingerprint density at radius 3 is 0.973 bits per heavy atom. The van der Waals surface area contributed by atoms with Crippen LogP contribution in [0.3, 0.4) is 0 Å². The average Bonchev–Trinajstić information content (AvgIpc) is 2.77. The summed E-state index contributed by atoms with van der Waals surface area (Å²) in [6, 6.07) is 0. The molecule has 3 N–H and O–H groups in total. The minimum atomic E-state index is -1.03. The molecular weight excluding hydrogens is 486 g/mol. The molecule has 1 aliphatic rings. The molecule has 13 nitrogen and oxygen atoms in total. The van der Waals surface area contributed by atoms with Gasteiger partial charge < -0.3 is 15.3 Å². The summed E-state index contributed by atoms with van der Waals surface area (Å²) < 4.78 is 0. The van der Waals surface area contributed by atoms with E-state index in [-0.39, 0.29) is 50.2 Å². The van der Waals surface area contributed by atoms with Gasteiger partial charge in [-0.1, -0.05) is 13.8 Å². The normalized spacial score (nSPS) is 19.2. The molecule has 1 heterocycles. The summed E-state index contributed by atoms with van der Waals surface area (Å²) in [5, 5.41) is 28.1. The molecule has 1 aliphatic heterocycles. The van der Waals surface area contributed by atoms with Crippen molar-refractivity contribution < 1.29 is 39.3 Å². The predicted octanol–water partition coefficient (Wildman–Crippen LogP) is -1.42. The van der Waals surface area contributed by atoms with Crippen LogP contribution in [0.1, 0.15) is 20.8 Å². The number of carboxylic acid groups (broad SMARTS) is 3. The van der Waals surface area contributed by atoms with E-state index in [1.807, 2.05) is 23.6 Å². The van der Waals surface area contributed by atoms with Crippen molar-refractivity contribution in [3.8, 4) is 0 Å². The van der Waals surface area contributed by atoms with E-state index in [4.69, 9.17) is 0 Å². The van der Waals surface area contributed by atoms with Gasteiger partial charge in [-0.3, -0.25) is 48.5 Å². The number of hydrogen-bond acceptors (Lipinski definition) is 10. The van der Waals surface area contributed by atoms with Gasteiger partial charge in [0, 0.05) is 71.4 Å². The van der Waals surface area contributed by atoms with Gasteiger partial charge in [0.2, 0.25) is 0 Å². The fourth-order valence-corrected chi connectivity index (χ4v) is 4.06. The first-order chi connectivity index (χ1) is 17.3. The molecule has 0 bridgehead atoms. The fourth-order valence-electron chi connectivity index (χ4n) is 4.06. The van der Waals surface area contributed by atoms with Gasteiger partial charge >= 0.3 is 17.9 Å². The molecule has 0 aromatic heterocycles. The third-order valence-corrected chi connectivity index (χ3v) is 6.21. The van der Waals surface area contributed by atoms with Crippen LogP contribution in [0.2, 0.25) is 0 Å². The third kappa shape index (κ3) is 15.4. The van der Waals surface area contributed by atoms with E-state index in [9.17, 15) is 39.3 Å². The molecule has 1 saturated heterocycles. The Morgan fingerprint density at radius 2 is 0.757 bits per heavy atom. The van der Waals surface area contributed by atoms with E-state index in [1.165, 1.54) is 6.92 Å². The monoisotopic (exact) mass is 529 g/mol. The molecule has 37 heavy (non-hydrogen) atoms. The second kappa shape index (κ2) is 17.1. The summed E-state index contributed by atoms with van der Waals surface area (Å²) in [7, 11) is 0. The molecule has 0 radical (unpaired) electrons. The maximum atomic E-state index is 12.5. The Labute approximate surface area is 218 Å². The summed E-state index contributed by atoms with van der Waals surface area (Å²) in [4.78, 5) is 67.7. The van der Waals surface area contributed by atoms with E-state index < -0.39 is 17.9 Å². The van der Waals surface area contributed by atoms with Crippen LogP contribution in [0.5, 0.6) is 0 Å². The molecule has 1 fully saturated rings. The highest BCUT2D eigenvalue weighted by Crippen LogP contribution is 2.04. The lowest BCUT2D eigenvalue weighted by Crippen LogP contribution is -2.46. The smallest absolute Gasteiger partial charge is 0.317 e. The Bertz CT molecular complexity index is 726. The van der Waals surface area contributed by atoms with Crippen molar-refractivity contribution in [1.29, 1.82) is 0 Å². The minimum absolute atomic E-state index is 0.0345. The molecule has 13 heteroatoms. The Balaban J connectivity index is 3.20. The number of nitrogens with zero attached hydrogens (tertiary/aromatic N) is 5. The number of Topliss-reactive ketones (excluding diaryl/α,β-unsaturated/α-hetero) is 2. The Kier molecular flexibility index (Phi) is 15.1. The van der Waals surface area contributed by atoms with E-state index >= 15 is 0 Å². The summed E-state index contributed by atoms with van der Waals surface area (Å²) in [5.41, 5.74) is 0. The molecule has 0 atom stereocenters. The van der Waals surface area contributed by atoms with Crippen molar-refractivity contribution in [2.45, 2.75) is 20.8 Å². The highest BCUT2D eigenvalue weighted by molar-refractivity contribution is 5.82.